The van der Waals surface area contributed by atoms with Crippen LogP contribution in [0.25, 0.3) is 0 Å². The number of nitrogens with one attached hydrogen (secondary N) is 1. The van der Waals surface area contributed by atoms with Crippen LogP contribution in [0.1, 0.15) is 44.0 Å². The number of piperidine rings is 1. The molecule has 0 aromatic heterocycles. The molecule has 1 aliphatic heterocycles. The lowest BCUT2D eigenvalue weighted by atomic mass is 9.90. The van der Waals surface area contributed by atoms with Crippen molar-refractivity contribution in [1.29, 1.82) is 0 Å². The van der Waals surface area contributed by atoms with E-state index in [4.69, 9.17) is 23.2 Å². The van der Waals surface area contributed by atoms with Gasteiger partial charge in [0, 0.05) is 35.2 Å². The Kier molecular flexibility index (Phi) is 6.16. The highest BCUT2D eigenvalue weighted by molar-refractivity contribution is 6.35. The second-order valence-electron chi connectivity index (χ2n) is 7.83. The molecule has 0 spiro atoms. The molecular weight excluding hydrogens is 350 g/mol. The molecule has 2 rings (SSSR count). The second kappa shape index (κ2) is 7.59. The number of rotatable bonds is 4. The van der Waals surface area contributed by atoms with E-state index in [-0.39, 0.29) is 17.9 Å². The molecular formula is C18H25Cl2FN2O. The zero-order valence-electron chi connectivity index (χ0n) is 14.5. The number of carbonyl (C=O) groups is 1. The largest absolute Gasteiger partial charge is 0.349 e. The van der Waals surface area contributed by atoms with Gasteiger partial charge < -0.3 is 10.2 Å². The van der Waals surface area contributed by atoms with Crippen LogP contribution in [-0.4, -0.2) is 42.7 Å². The van der Waals surface area contributed by atoms with Crippen molar-refractivity contribution in [2.75, 3.05) is 26.2 Å². The summed E-state index contributed by atoms with van der Waals surface area (Å²) in [6, 6.07) is 4.61. The number of nitrogens with zero attached hydrogens (tertiary/aromatic N) is 1. The summed E-state index contributed by atoms with van der Waals surface area (Å²) >= 11 is 11.8. The Balaban J connectivity index is 1.87. The second-order valence-corrected chi connectivity index (χ2v) is 8.70. The monoisotopic (exact) mass is 374 g/mol. The number of likely N-dealkylation sites (tertiary alicyclic amines) is 1. The van der Waals surface area contributed by atoms with Crippen LogP contribution in [0.2, 0.25) is 10.0 Å². The lowest BCUT2D eigenvalue weighted by Crippen LogP contribution is -2.49. The van der Waals surface area contributed by atoms with Gasteiger partial charge in [-0.2, -0.15) is 0 Å². The fraction of sp³-hybridized carbons (Fsp3) is 0.611. The molecule has 0 unspecified atom stereocenters. The van der Waals surface area contributed by atoms with E-state index >= 15 is 0 Å². The minimum atomic E-state index is -1.35. The molecule has 24 heavy (non-hydrogen) atoms. The third kappa shape index (κ3) is 5.91. The summed E-state index contributed by atoms with van der Waals surface area (Å²) < 4.78 is 14.9. The molecule has 1 fully saturated rings. The van der Waals surface area contributed by atoms with E-state index in [0.717, 1.165) is 6.54 Å². The van der Waals surface area contributed by atoms with Crippen LogP contribution in [0, 0.1) is 5.41 Å². The van der Waals surface area contributed by atoms with Crippen molar-refractivity contribution in [1.82, 2.24) is 10.2 Å². The van der Waals surface area contributed by atoms with E-state index in [1.54, 1.807) is 6.07 Å². The first-order chi connectivity index (χ1) is 11.1. The van der Waals surface area contributed by atoms with Crippen molar-refractivity contribution >= 4 is 29.1 Å². The molecule has 134 valence electrons. The minimum Gasteiger partial charge on any atom is -0.349 e. The molecule has 3 nitrogen and oxygen atoms in total. The Morgan fingerprint density at radius 1 is 1.21 bits per heavy atom. The van der Waals surface area contributed by atoms with E-state index in [1.807, 2.05) is 0 Å². The van der Waals surface area contributed by atoms with Gasteiger partial charge in [0.1, 0.15) is 5.67 Å². The first kappa shape index (κ1) is 19.5. The molecule has 1 aromatic carbocycles. The molecule has 1 saturated heterocycles. The molecule has 1 aliphatic rings. The molecule has 0 radical (unpaired) electrons. The van der Waals surface area contributed by atoms with Gasteiger partial charge in [-0.05, 0) is 36.5 Å². The molecule has 1 heterocycles. The number of amides is 1. The van der Waals surface area contributed by atoms with Crippen LogP contribution in [0.3, 0.4) is 0 Å². The van der Waals surface area contributed by atoms with Crippen LogP contribution >= 0.6 is 23.2 Å². The van der Waals surface area contributed by atoms with Crippen LogP contribution in [0.5, 0.6) is 0 Å². The van der Waals surface area contributed by atoms with Gasteiger partial charge in [0.25, 0.3) is 5.91 Å². The number of hydrogen-bond acceptors (Lipinski definition) is 2. The van der Waals surface area contributed by atoms with Gasteiger partial charge in [0.15, 0.2) is 0 Å². The van der Waals surface area contributed by atoms with Gasteiger partial charge in [0.2, 0.25) is 0 Å². The zero-order valence-corrected chi connectivity index (χ0v) is 16.0. The Morgan fingerprint density at radius 2 is 1.75 bits per heavy atom. The quantitative estimate of drug-likeness (QED) is 0.836. The Bertz CT molecular complexity index is 573. The third-order valence-electron chi connectivity index (χ3n) is 4.14. The van der Waals surface area contributed by atoms with E-state index in [1.165, 1.54) is 12.1 Å². The van der Waals surface area contributed by atoms with Crippen molar-refractivity contribution < 1.29 is 9.18 Å². The summed E-state index contributed by atoms with van der Waals surface area (Å²) in [4.78, 5) is 14.5. The Labute approximate surface area is 153 Å². The Morgan fingerprint density at radius 3 is 2.25 bits per heavy atom. The smallest absolute Gasteiger partial charge is 0.251 e. The van der Waals surface area contributed by atoms with Crippen LogP contribution < -0.4 is 5.32 Å². The summed E-state index contributed by atoms with van der Waals surface area (Å²) in [6.45, 7) is 8.94. The van der Waals surface area contributed by atoms with E-state index in [0.29, 0.717) is 41.5 Å². The SMILES string of the molecule is CC(C)(C)CN1CCC(F)(CNC(=O)c2cc(Cl)cc(Cl)c2)CC1. The normalized spacial score (nSPS) is 18.4. The van der Waals surface area contributed by atoms with Gasteiger partial charge >= 0.3 is 0 Å². The van der Waals surface area contributed by atoms with Gasteiger partial charge in [-0.25, -0.2) is 4.39 Å². The fourth-order valence-corrected chi connectivity index (χ4v) is 3.51. The summed E-state index contributed by atoms with van der Waals surface area (Å²) in [5.41, 5.74) is -0.802. The topological polar surface area (TPSA) is 32.3 Å². The lowest BCUT2D eigenvalue weighted by Gasteiger charge is -2.39. The van der Waals surface area contributed by atoms with E-state index < -0.39 is 5.67 Å². The fourth-order valence-electron chi connectivity index (χ4n) is 2.99. The van der Waals surface area contributed by atoms with Crippen molar-refractivity contribution in [3.8, 4) is 0 Å². The van der Waals surface area contributed by atoms with Crippen molar-refractivity contribution in [3.63, 3.8) is 0 Å². The van der Waals surface area contributed by atoms with Gasteiger partial charge in [-0.15, -0.1) is 0 Å². The maximum Gasteiger partial charge on any atom is 0.251 e. The summed E-state index contributed by atoms with van der Waals surface area (Å²) in [7, 11) is 0. The van der Waals surface area contributed by atoms with Gasteiger partial charge in [-0.3, -0.25) is 4.79 Å². The third-order valence-corrected chi connectivity index (χ3v) is 4.58. The lowest BCUT2D eigenvalue weighted by molar-refractivity contribution is 0.0424. The molecule has 0 atom stereocenters. The highest BCUT2D eigenvalue weighted by atomic mass is 35.5. The molecule has 0 saturated carbocycles. The predicted molar refractivity (Wildman–Crippen MR) is 97.8 cm³/mol. The number of hydrogen-bond donors (Lipinski definition) is 1. The standard InChI is InChI=1S/C18H25Cl2FN2O/c1-17(2,3)12-23-6-4-18(21,5-7-23)11-22-16(24)13-8-14(19)10-15(20)9-13/h8-10H,4-7,11-12H2,1-3H3,(H,22,24). The van der Waals surface area contributed by atoms with Crippen LogP contribution in [-0.2, 0) is 0 Å². The van der Waals surface area contributed by atoms with Crippen LogP contribution in [0.15, 0.2) is 18.2 Å². The summed E-state index contributed by atoms with van der Waals surface area (Å²) in [6.07, 6.45) is 0.860. The first-order valence-corrected chi connectivity index (χ1v) is 8.98. The number of carbonyl (C=O) groups excluding carboxylic acids is 1. The van der Waals surface area contributed by atoms with E-state index in [9.17, 15) is 9.18 Å². The number of benzene rings is 1. The number of alkyl halides is 1. The van der Waals surface area contributed by atoms with Gasteiger partial charge in [-0.1, -0.05) is 44.0 Å². The zero-order chi connectivity index (χ0) is 18.0. The average molecular weight is 375 g/mol. The predicted octanol–water partition coefficient (Wildman–Crippen LogP) is 4.57. The maximum absolute atomic E-state index is 14.9. The molecule has 1 aromatic rings. The first-order valence-electron chi connectivity index (χ1n) is 8.22. The molecule has 0 aliphatic carbocycles. The molecule has 6 heteroatoms. The molecule has 0 bridgehead atoms. The van der Waals surface area contributed by atoms with Crippen molar-refractivity contribution in [2.24, 2.45) is 5.41 Å². The summed E-state index contributed by atoms with van der Waals surface area (Å²) in [5.74, 6) is -0.353. The molecule has 1 N–H and O–H groups in total. The average Bonchev–Trinajstić information content (AvgIpc) is 2.45. The highest BCUT2D eigenvalue weighted by Gasteiger charge is 2.35. The highest BCUT2D eigenvalue weighted by Crippen LogP contribution is 2.28. The maximum atomic E-state index is 14.9. The summed E-state index contributed by atoms with van der Waals surface area (Å²) in [5, 5.41) is 3.45. The van der Waals surface area contributed by atoms with Gasteiger partial charge in [0.05, 0.1) is 6.54 Å². The van der Waals surface area contributed by atoms with E-state index in [2.05, 4.69) is 31.0 Å². The number of halogens is 3. The minimum absolute atomic E-state index is 0.0132. The Hall–Kier alpha value is -0.840. The van der Waals surface area contributed by atoms with Crippen molar-refractivity contribution in [2.45, 2.75) is 39.3 Å². The van der Waals surface area contributed by atoms with Crippen LogP contribution in [0.4, 0.5) is 4.39 Å². The van der Waals surface area contributed by atoms with Crippen molar-refractivity contribution in [3.05, 3.63) is 33.8 Å². The molecule has 1 amide bonds.